The van der Waals surface area contributed by atoms with Gasteiger partial charge in [-0.3, -0.25) is 0 Å². The van der Waals surface area contributed by atoms with Crippen LogP contribution in [0.1, 0.15) is 23.9 Å². The molecule has 5 rings (SSSR count). The van der Waals surface area contributed by atoms with Gasteiger partial charge in [-0.2, -0.15) is 4.98 Å². The molecule has 0 saturated carbocycles. The van der Waals surface area contributed by atoms with Gasteiger partial charge in [-0.05, 0) is 37.1 Å². The average Bonchev–Trinajstić information content (AvgIpc) is 3.30. The SMILES string of the molecule is CCc1noc(-c2[nH]c3cc4[nH]c5ccccc5c4c(C)c3c2C)n1. The van der Waals surface area contributed by atoms with Gasteiger partial charge in [0.15, 0.2) is 5.82 Å². The van der Waals surface area contributed by atoms with Crippen LogP contribution in [-0.2, 0) is 6.42 Å². The van der Waals surface area contributed by atoms with E-state index >= 15 is 0 Å². The van der Waals surface area contributed by atoms with Crippen LogP contribution in [0.3, 0.4) is 0 Å². The maximum Gasteiger partial charge on any atom is 0.274 e. The molecule has 0 spiro atoms. The van der Waals surface area contributed by atoms with Crippen LogP contribution in [0.5, 0.6) is 0 Å². The molecular formula is C20H18N4O. The molecule has 0 saturated heterocycles. The predicted octanol–water partition coefficient (Wildman–Crippen LogP) is 5.03. The second-order valence-electron chi connectivity index (χ2n) is 6.51. The molecule has 124 valence electrons. The first-order valence-corrected chi connectivity index (χ1v) is 8.52. The van der Waals surface area contributed by atoms with Gasteiger partial charge in [-0.25, -0.2) is 0 Å². The Hall–Kier alpha value is -3.08. The number of aryl methyl sites for hydroxylation is 3. The number of H-pyrrole nitrogens is 2. The van der Waals surface area contributed by atoms with Crippen LogP contribution in [0, 0.1) is 13.8 Å². The van der Waals surface area contributed by atoms with E-state index in [9.17, 15) is 0 Å². The molecule has 25 heavy (non-hydrogen) atoms. The van der Waals surface area contributed by atoms with Crippen LogP contribution >= 0.6 is 0 Å². The van der Waals surface area contributed by atoms with Crippen molar-refractivity contribution in [1.82, 2.24) is 20.1 Å². The number of benzene rings is 2. The Morgan fingerprint density at radius 3 is 2.56 bits per heavy atom. The minimum absolute atomic E-state index is 0.554. The highest BCUT2D eigenvalue weighted by Crippen LogP contribution is 2.37. The third-order valence-electron chi connectivity index (χ3n) is 5.05. The molecule has 5 nitrogen and oxygen atoms in total. The Morgan fingerprint density at radius 2 is 1.76 bits per heavy atom. The topological polar surface area (TPSA) is 70.5 Å². The van der Waals surface area contributed by atoms with Crippen LogP contribution < -0.4 is 0 Å². The van der Waals surface area contributed by atoms with Crippen molar-refractivity contribution in [3.05, 3.63) is 47.3 Å². The quantitative estimate of drug-likeness (QED) is 0.477. The molecule has 0 bridgehead atoms. The Balaban J connectivity index is 1.85. The Bertz CT molecular complexity index is 1260. The molecule has 0 aliphatic heterocycles. The maximum absolute atomic E-state index is 5.44. The molecule has 3 aromatic heterocycles. The zero-order valence-corrected chi connectivity index (χ0v) is 14.4. The summed E-state index contributed by atoms with van der Waals surface area (Å²) in [6.07, 6.45) is 0.761. The number of hydrogen-bond donors (Lipinski definition) is 2. The summed E-state index contributed by atoms with van der Waals surface area (Å²) < 4.78 is 5.44. The first-order valence-electron chi connectivity index (χ1n) is 8.52. The fourth-order valence-corrected chi connectivity index (χ4v) is 3.87. The zero-order valence-electron chi connectivity index (χ0n) is 14.4. The molecule has 0 aliphatic carbocycles. The van der Waals surface area contributed by atoms with E-state index in [0.29, 0.717) is 5.89 Å². The highest BCUT2D eigenvalue weighted by molar-refractivity contribution is 6.15. The first-order chi connectivity index (χ1) is 12.2. The van der Waals surface area contributed by atoms with Crippen molar-refractivity contribution in [2.75, 3.05) is 0 Å². The molecule has 0 aliphatic rings. The van der Waals surface area contributed by atoms with E-state index in [1.165, 1.54) is 21.7 Å². The van der Waals surface area contributed by atoms with Gasteiger partial charge in [0.25, 0.3) is 5.89 Å². The lowest BCUT2D eigenvalue weighted by atomic mass is 10.0. The fraction of sp³-hybridized carbons (Fsp3) is 0.200. The Labute approximate surface area is 144 Å². The lowest BCUT2D eigenvalue weighted by molar-refractivity contribution is 0.422. The summed E-state index contributed by atoms with van der Waals surface area (Å²) in [4.78, 5) is 11.5. The van der Waals surface area contributed by atoms with Gasteiger partial charge in [-0.15, -0.1) is 0 Å². The summed E-state index contributed by atoms with van der Waals surface area (Å²) >= 11 is 0. The number of hydrogen-bond acceptors (Lipinski definition) is 3. The van der Waals surface area contributed by atoms with E-state index in [-0.39, 0.29) is 0 Å². The van der Waals surface area contributed by atoms with Crippen molar-refractivity contribution < 1.29 is 4.52 Å². The minimum Gasteiger partial charge on any atom is -0.354 e. The molecule has 0 unspecified atom stereocenters. The number of fused-ring (bicyclic) bond motifs is 4. The highest BCUT2D eigenvalue weighted by atomic mass is 16.5. The molecule has 0 atom stereocenters. The molecule has 0 fully saturated rings. The second kappa shape index (κ2) is 4.96. The normalized spacial score (nSPS) is 12.0. The minimum atomic E-state index is 0.554. The van der Waals surface area contributed by atoms with Crippen molar-refractivity contribution in [3.63, 3.8) is 0 Å². The van der Waals surface area contributed by atoms with Gasteiger partial charge in [0, 0.05) is 39.1 Å². The van der Waals surface area contributed by atoms with Gasteiger partial charge in [0.05, 0.1) is 0 Å². The van der Waals surface area contributed by atoms with Crippen molar-refractivity contribution in [2.24, 2.45) is 0 Å². The van der Waals surface area contributed by atoms with Gasteiger partial charge in [-0.1, -0.05) is 30.3 Å². The molecule has 2 aromatic carbocycles. The van der Waals surface area contributed by atoms with Gasteiger partial charge < -0.3 is 14.5 Å². The summed E-state index contributed by atoms with van der Waals surface area (Å²) in [6.45, 7) is 6.31. The van der Waals surface area contributed by atoms with Crippen molar-refractivity contribution >= 4 is 32.7 Å². The van der Waals surface area contributed by atoms with Crippen LogP contribution in [0.25, 0.3) is 44.3 Å². The third kappa shape index (κ3) is 1.89. The molecule has 0 radical (unpaired) electrons. The fourth-order valence-electron chi connectivity index (χ4n) is 3.87. The number of nitrogens with zero attached hydrogens (tertiary/aromatic N) is 2. The first kappa shape index (κ1) is 14.3. The summed E-state index contributed by atoms with van der Waals surface area (Å²) in [6, 6.07) is 10.6. The van der Waals surface area contributed by atoms with E-state index in [0.717, 1.165) is 40.1 Å². The Morgan fingerprint density at radius 1 is 0.960 bits per heavy atom. The number of nitrogens with one attached hydrogen (secondary N) is 2. The number of aromatic amines is 2. The lowest BCUT2D eigenvalue weighted by Gasteiger charge is -2.02. The zero-order chi connectivity index (χ0) is 17.1. The van der Waals surface area contributed by atoms with Crippen LogP contribution in [0.4, 0.5) is 0 Å². The predicted molar refractivity (Wildman–Crippen MR) is 99.8 cm³/mol. The van der Waals surface area contributed by atoms with Crippen molar-refractivity contribution in [2.45, 2.75) is 27.2 Å². The molecule has 5 heteroatoms. The van der Waals surface area contributed by atoms with E-state index in [4.69, 9.17) is 4.52 Å². The van der Waals surface area contributed by atoms with Gasteiger partial charge in [0.1, 0.15) is 5.69 Å². The van der Waals surface area contributed by atoms with E-state index in [1.54, 1.807) is 0 Å². The number of aromatic nitrogens is 4. The lowest BCUT2D eigenvalue weighted by Crippen LogP contribution is -1.84. The summed E-state index contributed by atoms with van der Waals surface area (Å²) in [5.41, 5.74) is 6.70. The summed E-state index contributed by atoms with van der Waals surface area (Å²) in [5.74, 6) is 1.28. The Kier molecular flexibility index (Phi) is 2.83. The smallest absolute Gasteiger partial charge is 0.274 e. The standard InChI is InChI=1S/C20H18N4O/c1-4-16-23-20(25-24-16)19-11(3)17-10(2)18-12-7-5-6-8-13(12)21-15(18)9-14(17)22-19/h5-9,21-22H,4H2,1-3H3. The van der Waals surface area contributed by atoms with E-state index in [1.807, 2.05) is 6.92 Å². The van der Waals surface area contributed by atoms with Crippen LogP contribution in [0.15, 0.2) is 34.9 Å². The van der Waals surface area contributed by atoms with E-state index < -0.39 is 0 Å². The third-order valence-corrected chi connectivity index (χ3v) is 5.05. The number of para-hydroxylation sites is 1. The monoisotopic (exact) mass is 330 g/mol. The van der Waals surface area contributed by atoms with Crippen LogP contribution in [0.2, 0.25) is 0 Å². The maximum atomic E-state index is 5.44. The molecule has 2 N–H and O–H groups in total. The van der Waals surface area contributed by atoms with Gasteiger partial charge >= 0.3 is 0 Å². The summed E-state index contributed by atoms with van der Waals surface area (Å²) in [5, 5.41) is 7.77. The van der Waals surface area contributed by atoms with Crippen molar-refractivity contribution in [3.8, 4) is 11.6 Å². The molecule has 0 amide bonds. The molecule has 3 heterocycles. The molecule has 5 aromatic rings. The highest BCUT2D eigenvalue weighted by Gasteiger charge is 2.19. The summed E-state index contributed by atoms with van der Waals surface area (Å²) in [7, 11) is 0. The molecular weight excluding hydrogens is 312 g/mol. The van der Waals surface area contributed by atoms with Crippen LogP contribution in [-0.4, -0.2) is 20.1 Å². The van der Waals surface area contributed by atoms with Gasteiger partial charge in [0.2, 0.25) is 0 Å². The largest absolute Gasteiger partial charge is 0.354 e. The number of rotatable bonds is 2. The average molecular weight is 330 g/mol. The van der Waals surface area contributed by atoms with E-state index in [2.05, 4.69) is 64.3 Å². The van der Waals surface area contributed by atoms with Crippen molar-refractivity contribution in [1.29, 1.82) is 0 Å². The second-order valence-corrected chi connectivity index (χ2v) is 6.51.